The molecular weight excluding hydrogens is 1060 g/mol. The summed E-state index contributed by atoms with van der Waals surface area (Å²) >= 11 is 0. The van der Waals surface area contributed by atoms with Crippen molar-refractivity contribution in [2.45, 2.75) is 65.2 Å². The normalized spacial score (nSPS) is 13.4. The van der Waals surface area contributed by atoms with Gasteiger partial charge in [0.25, 0.3) is 0 Å². The molecule has 88 heavy (non-hydrogen) atoms. The van der Waals surface area contributed by atoms with Gasteiger partial charge in [0.1, 0.15) is 0 Å². The molecule has 2 aliphatic rings. The van der Waals surface area contributed by atoms with E-state index in [9.17, 15) is 0 Å². The fourth-order valence-electron chi connectivity index (χ4n) is 16.3. The van der Waals surface area contributed by atoms with Gasteiger partial charge >= 0.3 is 0 Å². The molecule has 422 valence electrons. The fraction of sp³-hybridized carbons (Fsp3) is 0.116. The predicted molar refractivity (Wildman–Crippen MR) is 372 cm³/mol. The van der Waals surface area contributed by atoms with E-state index in [2.05, 4.69) is 330 Å². The second kappa shape index (κ2) is 20.7. The molecule has 0 fully saturated rings. The SMILES string of the molecule is CCc1cc(N(c2ccc(C3(c4ccccc4)c4ccccc4-c4ccccc43)cc2)c2c(C)cccc2C)c2ccc3c(CC)cc(N(c4ccc(C5(c6ccccc6)c6ccccc6-c6ccccc65)cc4)c4c(C)cccc4C)c4ccc1c2c34. The Morgan fingerprint density at radius 2 is 0.557 bits per heavy atom. The van der Waals surface area contributed by atoms with Gasteiger partial charge in [0.15, 0.2) is 0 Å². The van der Waals surface area contributed by atoms with Crippen LogP contribution in [0.1, 0.15) is 91.7 Å². The van der Waals surface area contributed by atoms with Gasteiger partial charge in [-0.3, -0.25) is 0 Å². The van der Waals surface area contributed by atoms with E-state index in [0.29, 0.717) is 0 Å². The Balaban J connectivity index is 0.915. The van der Waals surface area contributed by atoms with Crippen molar-refractivity contribution in [3.63, 3.8) is 0 Å². The lowest BCUT2D eigenvalue weighted by Gasteiger charge is -2.35. The largest absolute Gasteiger partial charge is 0.309 e. The lowest BCUT2D eigenvalue weighted by atomic mass is 9.67. The standard InChI is InChI=1S/C86H68N2/c1-7-59-53-79(87(83-55(3)25-23-26-56(83)4)65-45-41-63(42-46-65)85(61-29-11-9-12-30-61)75-37-19-15-33-69(75)70-34-16-20-38-76(70)85)73-52-50-68-60(8-2)54-80(74-51-49-67(59)81(73)82(68)74)88(84-57(5)27-24-28-58(84)6)66-47-43-64(44-48-66)86(62-31-13-10-14-32-62)77-39-21-17-35-71(77)72-36-18-22-40-78(72)86/h9-54H,7-8H2,1-6H3. The predicted octanol–water partition coefficient (Wildman–Crippen LogP) is 22.6. The Kier molecular flexibility index (Phi) is 12.5. The van der Waals surface area contributed by atoms with Gasteiger partial charge in [-0.1, -0.05) is 257 Å². The zero-order chi connectivity index (χ0) is 59.4. The maximum Gasteiger partial charge on any atom is 0.0713 e. The molecule has 0 heterocycles. The molecule has 2 nitrogen and oxygen atoms in total. The van der Waals surface area contributed by atoms with E-state index in [1.54, 1.807) is 0 Å². The third-order valence-electron chi connectivity index (χ3n) is 20.0. The lowest BCUT2D eigenvalue weighted by Crippen LogP contribution is -2.28. The van der Waals surface area contributed by atoms with Crippen molar-refractivity contribution >= 4 is 66.4 Å². The third-order valence-corrected chi connectivity index (χ3v) is 20.0. The van der Waals surface area contributed by atoms with Crippen molar-refractivity contribution in [2.24, 2.45) is 0 Å². The van der Waals surface area contributed by atoms with Crippen molar-refractivity contribution in [1.82, 2.24) is 0 Å². The summed E-state index contributed by atoms with van der Waals surface area (Å²) in [7, 11) is 0. The number of benzene rings is 14. The smallest absolute Gasteiger partial charge is 0.0713 e. The van der Waals surface area contributed by atoms with Gasteiger partial charge < -0.3 is 9.80 Å². The van der Waals surface area contributed by atoms with Crippen LogP contribution in [0.2, 0.25) is 0 Å². The first-order valence-electron chi connectivity index (χ1n) is 31.5. The Labute approximate surface area is 517 Å². The molecule has 2 heteroatoms. The van der Waals surface area contributed by atoms with Crippen molar-refractivity contribution in [1.29, 1.82) is 0 Å². The first kappa shape index (κ1) is 53.2. The summed E-state index contributed by atoms with van der Waals surface area (Å²) in [5, 5.41) is 7.73. The summed E-state index contributed by atoms with van der Waals surface area (Å²) in [6, 6.07) is 106. The maximum atomic E-state index is 2.58. The first-order valence-corrected chi connectivity index (χ1v) is 31.5. The molecule has 0 N–H and O–H groups in total. The van der Waals surface area contributed by atoms with E-state index >= 15 is 0 Å². The second-order valence-electron chi connectivity index (χ2n) is 24.5. The van der Waals surface area contributed by atoms with Gasteiger partial charge in [0, 0.05) is 22.1 Å². The van der Waals surface area contributed by atoms with E-state index in [-0.39, 0.29) is 0 Å². The minimum atomic E-state index is -0.501. The van der Waals surface area contributed by atoms with Gasteiger partial charge in [-0.25, -0.2) is 0 Å². The second-order valence-corrected chi connectivity index (χ2v) is 24.5. The molecule has 0 radical (unpaired) electrons. The zero-order valence-corrected chi connectivity index (χ0v) is 50.9. The zero-order valence-electron chi connectivity index (χ0n) is 50.9. The molecule has 16 rings (SSSR count). The highest BCUT2D eigenvalue weighted by atomic mass is 15.2. The Hall–Kier alpha value is -10.3. The summed E-state index contributed by atoms with van der Waals surface area (Å²) in [5.74, 6) is 0. The molecule has 0 unspecified atom stereocenters. The van der Waals surface area contributed by atoms with Gasteiger partial charge in [-0.05, 0) is 199 Å². The monoisotopic (exact) mass is 1130 g/mol. The van der Waals surface area contributed by atoms with E-state index in [4.69, 9.17) is 0 Å². The van der Waals surface area contributed by atoms with Crippen LogP contribution in [0.25, 0.3) is 54.6 Å². The van der Waals surface area contributed by atoms with Gasteiger partial charge in [0.05, 0.1) is 33.6 Å². The Bertz CT molecular complexity index is 4580. The van der Waals surface area contributed by atoms with Crippen LogP contribution < -0.4 is 9.80 Å². The number of aryl methyl sites for hydroxylation is 6. The minimum absolute atomic E-state index is 0.501. The van der Waals surface area contributed by atoms with Crippen LogP contribution in [0.5, 0.6) is 0 Å². The topological polar surface area (TPSA) is 6.48 Å². The number of rotatable bonds is 12. The van der Waals surface area contributed by atoms with Gasteiger partial charge in [-0.2, -0.15) is 0 Å². The molecule has 0 aromatic heterocycles. The highest BCUT2D eigenvalue weighted by molar-refractivity contribution is 6.29. The molecule has 0 atom stereocenters. The molecule has 0 amide bonds. The quantitative estimate of drug-likeness (QED) is 0.113. The van der Waals surface area contributed by atoms with Crippen LogP contribution in [-0.2, 0) is 23.7 Å². The van der Waals surface area contributed by atoms with Crippen molar-refractivity contribution in [3.05, 3.63) is 357 Å². The highest BCUT2D eigenvalue weighted by Crippen LogP contribution is 2.59. The van der Waals surface area contributed by atoms with Gasteiger partial charge in [0.2, 0.25) is 0 Å². The van der Waals surface area contributed by atoms with Crippen LogP contribution in [0, 0.1) is 27.7 Å². The maximum absolute atomic E-state index is 2.58. The summed E-state index contributed by atoms with van der Waals surface area (Å²) in [5.41, 5.74) is 29.1. The average Bonchev–Trinajstić information content (AvgIpc) is 1.32. The number of anilines is 6. The number of nitrogens with zero attached hydrogens (tertiary/aromatic N) is 2. The lowest BCUT2D eigenvalue weighted by molar-refractivity contribution is 0.768. The Morgan fingerprint density at radius 1 is 0.273 bits per heavy atom. The number of hydrogen-bond acceptors (Lipinski definition) is 2. The molecule has 0 bridgehead atoms. The molecular formula is C86H68N2. The van der Waals surface area contributed by atoms with Crippen molar-refractivity contribution < 1.29 is 0 Å². The van der Waals surface area contributed by atoms with Crippen LogP contribution in [0.15, 0.2) is 279 Å². The average molecular weight is 1130 g/mol. The van der Waals surface area contributed by atoms with E-state index in [0.717, 1.165) is 24.2 Å². The molecule has 0 saturated heterocycles. The van der Waals surface area contributed by atoms with Crippen molar-refractivity contribution in [2.75, 3.05) is 9.80 Å². The molecule has 0 saturated carbocycles. The minimum Gasteiger partial charge on any atom is -0.309 e. The third kappa shape index (κ3) is 7.61. The Morgan fingerprint density at radius 3 is 0.875 bits per heavy atom. The number of para-hydroxylation sites is 2. The summed E-state index contributed by atoms with van der Waals surface area (Å²) in [4.78, 5) is 5.17. The van der Waals surface area contributed by atoms with Crippen LogP contribution in [0.4, 0.5) is 34.1 Å². The molecule has 14 aromatic rings. The van der Waals surface area contributed by atoms with Crippen LogP contribution in [-0.4, -0.2) is 0 Å². The molecule has 2 aliphatic carbocycles. The highest BCUT2D eigenvalue weighted by Gasteiger charge is 2.47. The molecule has 0 aliphatic heterocycles. The van der Waals surface area contributed by atoms with Crippen LogP contribution in [0.3, 0.4) is 0 Å². The first-order chi connectivity index (χ1) is 43.2. The number of fused-ring (bicyclic) bond motifs is 6. The summed E-state index contributed by atoms with van der Waals surface area (Å²) in [6.07, 6.45) is 1.76. The van der Waals surface area contributed by atoms with Gasteiger partial charge in [-0.15, -0.1) is 0 Å². The summed E-state index contributed by atoms with van der Waals surface area (Å²) < 4.78 is 0. The molecule has 14 aromatic carbocycles. The summed E-state index contributed by atoms with van der Waals surface area (Å²) in [6.45, 7) is 13.8. The van der Waals surface area contributed by atoms with Crippen molar-refractivity contribution in [3.8, 4) is 22.3 Å². The van der Waals surface area contributed by atoms with E-state index in [1.807, 2.05) is 0 Å². The van der Waals surface area contributed by atoms with E-state index in [1.165, 1.54) is 155 Å². The van der Waals surface area contributed by atoms with Crippen LogP contribution >= 0.6 is 0 Å². The fourth-order valence-corrected chi connectivity index (χ4v) is 16.3. The molecule has 0 spiro atoms. The van der Waals surface area contributed by atoms with E-state index < -0.39 is 10.8 Å². The number of hydrogen-bond donors (Lipinski definition) is 0.